The van der Waals surface area contributed by atoms with Crippen LogP contribution in [0.5, 0.6) is 5.88 Å². The van der Waals surface area contributed by atoms with Gasteiger partial charge >= 0.3 is 6.43 Å². The van der Waals surface area contributed by atoms with E-state index in [4.69, 9.17) is 13.9 Å². The molecule has 1 aliphatic heterocycles. The van der Waals surface area contributed by atoms with E-state index >= 15 is 0 Å². The maximum absolute atomic E-state index is 14.1. The molecule has 1 saturated heterocycles. The van der Waals surface area contributed by atoms with E-state index in [0.717, 1.165) is 18.9 Å². The Balaban J connectivity index is 1.64. The molecule has 0 saturated carbocycles. The molecular formula is C17H15F3N4O3. The van der Waals surface area contributed by atoms with Crippen LogP contribution in [0.3, 0.4) is 0 Å². The molecule has 0 unspecified atom stereocenters. The standard InChI is InChI=1S/C17H15F3N4O3/c18-11-7-10(16-22-23-17(27-16)15(19)20)8-12(9-11)24-14(1-4-21-24)26-13-2-5-25-6-3-13/h1,4,7-9,13,15H,2-3,5-6H2. The molecule has 0 radical (unpaired) electrons. The average molecular weight is 380 g/mol. The smallest absolute Gasteiger partial charge is 0.314 e. The highest BCUT2D eigenvalue weighted by Gasteiger charge is 2.20. The number of ether oxygens (including phenoxy) is 2. The quantitative estimate of drug-likeness (QED) is 0.674. The molecule has 142 valence electrons. The van der Waals surface area contributed by atoms with Crippen LogP contribution in [0.15, 0.2) is 34.9 Å². The topological polar surface area (TPSA) is 75.2 Å². The number of alkyl halides is 2. The lowest BCUT2D eigenvalue weighted by Crippen LogP contribution is -2.26. The predicted octanol–water partition coefficient (Wildman–Crippen LogP) is 3.56. The van der Waals surface area contributed by atoms with Crippen LogP contribution >= 0.6 is 0 Å². The summed E-state index contributed by atoms with van der Waals surface area (Å²) in [5, 5.41) is 11.0. The Hall–Kier alpha value is -2.88. The Kier molecular flexibility index (Phi) is 4.80. The summed E-state index contributed by atoms with van der Waals surface area (Å²) in [5.41, 5.74) is 0.505. The highest BCUT2D eigenvalue weighted by molar-refractivity contribution is 5.58. The Morgan fingerprint density at radius 1 is 1.15 bits per heavy atom. The molecule has 2 aromatic heterocycles. The van der Waals surface area contributed by atoms with Crippen molar-refractivity contribution in [2.24, 2.45) is 0 Å². The molecule has 7 nitrogen and oxygen atoms in total. The maximum Gasteiger partial charge on any atom is 0.314 e. The molecule has 27 heavy (non-hydrogen) atoms. The second-order valence-corrected chi connectivity index (χ2v) is 5.96. The minimum atomic E-state index is -2.90. The van der Waals surface area contributed by atoms with Crippen molar-refractivity contribution in [3.8, 4) is 23.0 Å². The van der Waals surface area contributed by atoms with Crippen molar-refractivity contribution < 1.29 is 27.1 Å². The zero-order valence-electron chi connectivity index (χ0n) is 14.0. The van der Waals surface area contributed by atoms with Crippen LogP contribution in [0, 0.1) is 5.82 Å². The van der Waals surface area contributed by atoms with Crippen molar-refractivity contribution in [2.45, 2.75) is 25.4 Å². The lowest BCUT2D eigenvalue weighted by molar-refractivity contribution is 0.0227. The summed E-state index contributed by atoms with van der Waals surface area (Å²) in [4.78, 5) is 0. The molecule has 4 rings (SSSR count). The molecule has 0 aliphatic carbocycles. The van der Waals surface area contributed by atoms with Gasteiger partial charge in [0.15, 0.2) is 0 Å². The fraction of sp³-hybridized carbons (Fsp3) is 0.353. The van der Waals surface area contributed by atoms with E-state index < -0.39 is 18.1 Å². The summed E-state index contributed by atoms with van der Waals surface area (Å²) in [6, 6.07) is 5.55. The lowest BCUT2D eigenvalue weighted by Gasteiger charge is -2.23. The third-order valence-electron chi connectivity index (χ3n) is 4.07. The Bertz CT molecular complexity index is 922. The number of aromatic nitrogens is 4. The van der Waals surface area contributed by atoms with E-state index in [0.29, 0.717) is 24.8 Å². The Morgan fingerprint density at radius 2 is 1.96 bits per heavy atom. The third kappa shape index (κ3) is 3.80. The summed E-state index contributed by atoms with van der Waals surface area (Å²) in [6.45, 7) is 1.24. The molecular weight excluding hydrogens is 365 g/mol. The molecule has 0 amide bonds. The first-order valence-corrected chi connectivity index (χ1v) is 8.31. The van der Waals surface area contributed by atoms with Gasteiger partial charge in [-0.15, -0.1) is 10.2 Å². The van der Waals surface area contributed by atoms with E-state index in [-0.39, 0.29) is 17.6 Å². The third-order valence-corrected chi connectivity index (χ3v) is 4.07. The number of benzene rings is 1. The second kappa shape index (κ2) is 7.39. The van der Waals surface area contributed by atoms with Gasteiger partial charge in [-0.25, -0.2) is 9.07 Å². The largest absolute Gasteiger partial charge is 0.474 e. The zero-order chi connectivity index (χ0) is 18.8. The number of hydrogen-bond acceptors (Lipinski definition) is 6. The van der Waals surface area contributed by atoms with E-state index in [1.165, 1.54) is 23.0 Å². The average Bonchev–Trinajstić information content (AvgIpc) is 3.32. The van der Waals surface area contributed by atoms with Crippen LogP contribution in [0.2, 0.25) is 0 Å². The number of hydrogen-bond donors (Lipinski definition) is 0. The van der Waals surface area contributed by atoms with Gasteiger partial charge in [0.25, 0.3) is 5.89 Å². The van der Waals surface area contributed by atoms with Gasteiger partial charge in [0.2, 0.25) is 11.8 Å². The van der Waals surface area contributed by atoms with Crippen LogP contribution in [-0.2, 0) is 4.74 Å². The molecule has 10 heteroatoms. The van der Waals surface area contributed by atoms with Crippen molar-refractivity contribution in [1.82, 2.24) is 20.0 Å². The number of rotatable bonds is 5. The summed E-state index contributed by atoms with van der Waals surface area (Å²) < 4.78 is 57.0. The molecule has 1 fully saturated rings. The SMILES string of the molecule is Fc1cc(-c2nnc(C(F)F)o2)cc(-n2nccc2OC2CCOCC2)c1. The Labute approximate surface area is 151 Å². The van der Waals surface area contributed by atoms with Gasteiger partial charge in [-0.05, 0) is 18.2 Å². The lowest BCUT2D eigenvalue weighted by atomic mass is 10.1. The van der Waals surface area contributed by atoms with Gasteiger partial charge in [-0.1, -0.05) is 0 Å². The van der Waals surface area contributed by atoms with Crippen molar-refractivity contribution in [3.05, 3.63) is 42.2 Å². The number of nitrogens with zero attached hydrogens (tertiary/aromatic N) is 4. The van der Waals surface area contributed by atoms with Crippen molar-refractivity contribution in [2.75, 3.05) is 13.2 Å². The van der Waals surface area contributed by atoms with Gasteiger partial charge < -0.3 is 13.9 Å². The fourth-order valence-electron chi connectivity index (χ4n) is 2.80. The molecule has 0 atom stereocenters. The zero-order valence-corrected chi connectivity index (χ0v) is 14.0. The molecule has 3 aromatic rings. The van der Waals surface area contributed by atoms with Crippen molar-refractivity contribution in [1.29, 1.82) is 0 Å². The molecule has 1 aliphatic rings. The molecule has 3 heterocycles. The van der Waals surface area contributed by atoms with Crippen molar-refractivity contribution in [3.63, 3.8) is 0 Å². The molecule has 0 spiro atoms. The highest BCUT2D eigenvalue weighted by atomic mass is 19.3. The predicted molar refractivity (Wildman–Crippen MR) is 86.2 cm³/mol. The van der Waals surface area contributed by atoms with Crippen molar-refractivity contribution >= 4 is 0 Å². The first-order valence-electron chi connectivity index (χ1n) is 8.31. The van der Waals surface area contributed by atoms with Gasteiger partial charge in [-0.2, -0.15) is 13.9 Å². The molecule has 1 aromatic carbocycles. The van der Waals surface area contributed by atoms with E-state index in [9.17, 15) is 13.2 Å². The van der Waals surface area contributed by atoms with Gasteiger partial charge in [0.05, 0.1) is 25.1 Å². The maximum atomic E-state index is 14.1. The fourth-order valence-corrected chi connectivity index (χ4v) is 2.80. The summed E-state index contributed by atoms with van der Waals surface area (Å²) in [5.74, 6) is -1.19. The summed E-state index contributed by atoms with van der Waals surface area (Å²) in [7, 11) is 0. The van der Waals surface area contributed by atoms with Crippen LogP contribution < -0.4 is 4.74 Å². The first kappa shape index (κ1) is 17.5. The summed E-state index contributed by atoms with van der Waals surface area (Å²) in [6.07, 6.45) is 0.105. The van der Waals surface area contributed by atoms with Crippen LogP contribution in [0.25, 0.3) is 17.1 Å². The van der Waals surface area contributed by atoms with E-state index in [2.05, 4.69) is 15.3 Å². The second-order valence-electron chi connectivity index (χ2n) is 5.96. The minimum Gasteiger partial charge on any atom is -0.474 e. The molecule has 0 N–H and O–H groups in total. The van der Waals surface area contributed by atoms with Crippen LogP contribution in [-0.4, -0.2) is 39.3 Å². The van der Waals surface area contributed by atoms with Gasteiger partial charge in [0, 0.05) is 24.5 Å². The van der Waals surface area contributed by atoms with Gasteiger partial charge in [0.1, 0.15) is 11.9 Å². The molecule has 0 bridgehead atoms. The van der Waals surface area contributed by atoms with Gasteiger partial charge in [-0.3, -0.25) is 0 Å². The normalized spacial score (nSPS) is 15.4. The van der Waals surface area contributed by atoms with E-state index in [1.54, 1.807) is 6.07 Å². The first-order chi connectivity index (χ1) is 13.1. The van der Waals surface area contributed by atoms with Crippen LogP contribution in [0.4, 0.5) is 13.2 Å². The Morgan fingerprint density at radius 3 is 2.70 bits per heavy atom. The highest BCUT2D eigenvalue weighted by Crippen LogP contribution is 2.28. The monoisotopic (exact) mass is 380 g/mol. The number of halogens is 3. The minimum absolute atomic E-state index is 0.0215. The van der Waals surface area contributed by atoms with E-state index in [1.807, 2.05) is 0 Å². The summed E-state index contributed by atoms with van der Waals surface area (Å²) >= 11 is 0. The van der Waals surface area contributed by atoms with Crippen LogP contribution in [0.1, 0.15) is 25.2 Å².